The fourth-order valence-corrected chi connectivity index (χ4v) is 5.15. The molecule has 30 heavy (non-hydrogen) atoms. The molecular formula is C25H32F4O. The van der Waals surface area contributed by atoms with E-state index in [1.807, 2.05) is 0 Å². The number of aliphatic hydroxyl groups excluding tert-OH is 1. The van der Waals surface area contributed by atoms with Gasteiger partial charge in [0.1, 0.15) is 5.82 Å². The second-order valence-corrected chi connectivity index (χ2v) is 9.01. The van der Waals surface area contributed by atoms with Crippen molar-refractivity contribution in [2.75, 3.05) is 0 Å². The van der Waals surface area contributed by atoms with Gasteiger partial charge in [-0.15, -0.1) is 6.58 Å². The van der Waals surface area contributed by atoms with E-state index in [2.05, 4.69) is 24.8 Å². The normalized spacial score (nSPS) is 28.3. The molecule has 0 saturated heterocycles. The second-order valence-electron chi connectivity index (χ2n) is 9.01. The highest BCUT2D eigenvalue weighted by Gasteiger charge is 2.38. The van der Waals surface area contributed by atoms with E-state index in [1.54, 1.807) is 0 Å². The van der Waals surface area contributed by atoms with Crippen molar-refractivity contribution in [2.24, 2.45) is 23.7 Å². The molecule has 1 aromatic rings. The fraction of sp³-hybridized carbons (Fsp3) is 0.600. The van der Waals surface area contributed by atoms with Gasteiger partial charge in [-0.25, -0.2) is 4.39 Å². The SMILES string of the molecule is C=CC1CCC(C2C=CC(CCc3ccc(C(C)O)c(F)c3C(F)(F)F)CC2)CC1. The van der Waals surface area contributed by atoms with Gasteiger partial charge in [-0.3, -0.25) is 0 Å². The van der Waals surface area contributed by atoms with Crippen molar-refractivity contribution in [1.29, 1.82) is 0 Å². The van der Waals surface area contributed by atoms with E-state index in [0.29, 0.717) is 24.2 Å². The van der Waals surface area contributed by atoms with Crippen LogP contribution < -0.4 is 0 Å². The highest BCUT2D eigenvalue weighted by Crippen LogP contribution is 2.41. The molecule has 0 bridgehead atoms. The first-order valence-electron chi connectivity index (χ1n) is 11.1. The Morgan fingerprint density at radius 2 is 1.80 bits per heavy atom. The van der Waals surface area contributed by atoms with Crippen LogP contribution in [0, 0.1) is 29.5 Å². The lowest BCUT2D eigenvalue weighted by Crippen LogP contribution is -2.23. The summed E-state index contributed by atoms with van der Waals surface area (Å²) >= 11 is 0. The monoisotopic (exact) mass is 424 g/mol. The van der Waals surface area contributed by atoms with Gasteiger partial charge in [0.25, 0.3) is 0 Å². The maximum Gasteiger partial charge on any atom is 0.419 e. The fourth-order valence-electron chi connectivity index (χ4n) is 5.15. The third kappa shape index (κ3) is 5.35. The van der Waals surface area contributed by atoms with Crippen LogP contribution >= 0.6 is 0 Å². The summed E-state index contributed by atoms with van der Waals surface area (Å²) in [6.07, 6.45) is 8.10. The zero-order valence-corrected chi connectivity index (χ0v) is 17.6. The molecule has 2 aliphatic rings. The summed E-state index contributed by atoms with van der Waals surface area (Å²) in [4.78, 5) is 0. The van der Waals surface area contributed by atoms with Crippen LogP contribution in [0.25, 0.3) is 0 Å². The first-order valence-corrected chi connectivity index (χ1v) is 11.1. The number of hydrogen-bond acceptors (Lipinski definition) is 1. The summed E-state index contributed by atoms with van der Waals surface area (Å²) in [5, 5.41) is 9.56. The lowest BCUT2D eigenvalue weighted by molar-refractivity contribution is -0.140. The third-order valence-corrected chi connectivity index (χ3v) is 7.03. The minimum Gasteiger partial charge on any atom is -0.389 e. The molecule has 1 aromatic carbocycles. The van der Waals surface area contributed by atoms with Crippen molar-refractivity contribution in [3.63, 3.8) is 0 Å². The maximum atomic E-state index is 14.5. The number of benzene rings is 1. The molecule has 0 heterocycles. The van der Waals surface area contributed by atoms with Crippen LogP contribution in [0.5, 0.6) is 0 Å². The molecular weight excluding hydrogens is 392 g/mol. The Morgan fingerprint density at radius 1 is 1.10 bits per heavy atom. The van der Waals surface area contributed by atoms with Gasteiger partial charge in [0.05, 0.1) is 11.7 Å². The third-order valence-electron chi connectivity index (χ3n) is 7.03. The van der Waals surface area contributed by atoms with E-state index in [1.165, 1.54) is 44.7 Å². The van der Waals surface area contributed by atoms with Crippen LogP contribution in [0.3, 0.4) is 0 Å². The van der Waals surface area contributed by atoms with E-state index < -0.39 is 23.7 Å². The zero-order valence-electron chi connectivity index (χ0n) is 17.6. The van der Waals surface area contributed by atoms with E-state index in [-0.39, 0.29) is 23.5 Å². The summed E-state index contributed by atoms with van der Waals surface area (Å²) in [5.41, 5.74) is -1.56. The summed E-state index contributed by atoms with van der Waals surface area (Å²) in [5.74, 6) is 0.804. The standard InChI is InChI=1S/C25H32F4O/c1-3-17-4-9-19(10-5-17)20-11-6-18(7-12-20)8-13-21-14-15-22(16(2)30)24(26)23(21)25(27,28)29/h3,6,11,14-20,30H,1,4-5,7-10,12-13H2,2H3. The predicted molar refractivity (Wildman–Crippen MR) is 111 cm³/mol. The molecule has 1 nitrogen and oxygen atoms in total. The Kier molecular flexibility index (Phi) is 7.43. The Labute approximate surface area is 176 Å². The minimum atomic E-state index is -4.78. The smallest absolute Gasteiger partial charge is 0.389 e. The summed E-state index contributed by atoms with van der Waals surface area (Å²) in [7, 11) is 0. The zero-order chi connectivity index (χ0) is 21.9. The maximum absolute atomic E-state index is 14.5. The molecule has 2 aliphatic carbocycles. The highest BCUT2D eigenvalue weighted by molar-refractivity contribution is 5.37. The number of allylic oxidation sites excluding steroid dienone is 3. The van der Waals surface area contributed by atoms with E-state index in [4.69, 9.17) is 0 Å². The topological polar surface area (TPSA) is 20.2 Å². The molecule has 1 saturated carbocycles. The lowest BCUT2D eigenvalue weighted by Gasteiger charge is -2.34. The van der Waals surface area contributed by atoms with Crippen molar-refractivity contribution in [1.82, 2.24) is 0 Å². The average molecular weight is 425 g/mol. The molecule has 3 atom stereocenters. The van der Waals surface area contributed by atoms with Crippen molar-refractivity contribution in [3.05, 3.63) is 59.4 Å². The largest absolute Gasteiger partial charge is 0.419 e. The van der Waals surface area contributed by atoms with E-state index >= 15 is 0 Å². The summed E-state index contributed by atoms with van der Waals surface area (Å²) < 4.78 is 54.9. The molecule has 3 rings (SSSR count). The quantitative estimate of drug-likeness (QED) is 0.372. The van der Waals surface area contributed by atoms with Gasteiger partial charge in [0.2, 0.25) is 0 Å². The number of aryl methyl sites for hydroxylation is 1. The van der Waals surface area contributed by atoms with Crippen LogP contribution in [0.1, 0.15) is 74.7 Å². The first-order chi connectivity index (χ1) is 14.2. The summed E-state index contributed by atoms with van der Waals surface area (Å²) in [6, 6.07) is 2.60. The van der Waals surface area contributed by atoms with Crippen LogP contribution in [0.15, 0.2) is 36.9 Å². The number of aliphatic hydroxyl groups is 1. The molecule has 0 spiro atoms. The molecule has 1 fully saturated rings. The minimum absolute atomic E-state index is 0.0253. The highest BCUT2D eigenvalue weighted by atomic mass is 19.4. The molecule has 1 N–H and O–H groups in total. The van der Waals surface area contributed by atoms with Gasteiger partial charge in [0, 0.05) is 5.56 Å². The van der Waals surface area contributed by atoms with Crippen molar-refractivity contribution in [3.8, 4) is 0 Å². The Balaban J connectivity index is 1.63. The van der Waals surface area contributed by atoms with Crippen molar-refractivity contribution in [2.45, 2.75) is 70.6 Å². The number of halogens is 4. The molecule has 3 unspecified atom stereocenters. The number of alkyl halides is 3. The van der Waals surface area contributed by atoms with Gasteiger partial charge in [-0.1, -0.05) is 30.4 Å². The second kappa shape index (κ2) is 9.67. The van der Waals surface area contributed by atoms with E-state index in [9.17, 15) is 22.7 Å². The number of rotatable bonds is 6. The Bertz CT molecular complexity index is 757. The molecule has 0 aliphatic heterocycles. The molecule has 0 aromatic heterocycles. The lowest BCUT2D eigenvalue weighted by atomic mass is 9.71. The summed E-state index contributed by atoms with van der Waals surface area (Å²) in [6.45, 7) is 5.17. The van der Waals surface area contributed by atoms with E-state index in [0.717, 1.165) is 12.8 Å². The predicted octanol–water partition coefficient (Wildman–Crippen LogP) is 7.41. The van der Waals surface area contributed by atoms with Gasteiger partial charge < -0.3 is 5.11 Å². The van der Waals surface area contributed by atoms with Gasteiger partial charge in [-0.2, -0.15) is 13.2 Å². The molecule has 0 amide bonds. The van der Waals surface area contributed by atoms with Gasteiger partial charge >= 0.3 is 6.18 Å². The Hall–Kier alpha value is -1.62. The van der Waals surface area contributed by atoms with Gasteiger partial charge in [-0.05, 0) is 87.5 Å². The van der Waals surface area contributed by atoms with Crippen LogP contribution in [-0.2, 0) is 12.6 Å². The van der Waals surface area contributed by atoms with Crippen molar-refractivity contribution >= 4 is 0 Å². The van der Waals surface area contributed by atoms with Gasteiger partial charge in [0.15, 0.2) is 0 Å². The number of hydrogen-bond donors (Lipinski definition) is 1. The first kappa shape index (κ1) is 23.1. The molecule has 5 heteroatoms. The van der Waals surface area contributed by atoms with Crippen LogP contribution in [0.4, 0.5) is 17.6 Å². The van der Waals surface area contributed by atoms with Crippen molar-refractivity contribution < 1.29 is 22.7 Å². The molecule has 166 valence electrons. The average Bonchev–Trinajstić information content (AvgIpc) is 2.71. The molecule has 0 radical (unpaired) electrons. The van der Waals surface area contributed by atoms with Crippen LogP contribution in [-0.4, -0.2) is 5.11 Å². The van der Waals surface area contributed by atoms with Crippen LogP contribution in [0.2, 0.25) is 0 Å². The Morgan fingerprint density at radius 3 is 2.33 bits per heavy atom.